The highest BCUT2D eigenvalue weighted by atomic mass is 16.5. The maximum Gasteiger partial charge on any atom is 0.227 e. The van der Waals surface area contributed by atoms with E-state index in [1.54, 1.807) is 7.11 Å². The molecule has 0 bridgehead atoms. The molecule has 7 nitrogen and oxygen atoms in total. The quantitative estimate of drug-likeness (QED) is 0.791. The van der Waals surface area contributed by atoms with E-state index in [1.807, 2.05) is 43.3 Å². The van der Waals surface area contributed by atoms with Crippen LogP contribution >= 0.6 is 0 Å². The van der Waals surface area contributed by atoms with E-state index < -0.39 is 0 Å². The number of amides is 1. The van der Waals surface area contributed by atoms with Crippen molar-refractivity contribution in [2.75, 3.05) is 34.3 Å². The summed E-state index contributed by atoms with van der Waals surface area (Å²) in [5, 5.41) is 6.80. The molecule has 1 heterocycles. The third-order valence-corrected chi connectivity index (χ3v) is 3.24. The molecule has 0 atom stereocenters. The summed E-state index contributed by atoms with van der Waals surface area (Å²) in [6.07, 6.45) is 0.748. The minimum Gasteiger partial charge on any atom is -0.497 e. The molecule has 0 saturated heterocycles. The lowest BCUT2D eigenvalue weighted by Crippen LogP contribution is -2.31. The Hall–Kier alpha value is -2.41. The van der Waals surface area contributed by atoms with Crippen LogP contribution in [0.2, 0.25) is 0 Å². The van der Waals surface area contributed by atoms with Gasteiger partial charge in [-0.15, -0.1) is 0 Å². The standard InChI is InChI=1S/C16H22N4O3/c1-20(2)10-9-17-14(21)7-8-15-18-16(19-23-15)12-5-4-6-13(11-12)22-3/h4-6,11H,7-10H2,1-3H3,(H,17,21). The number of benzene rings is 1. The van der Waals surface area contributed by atoms with Crippen LogP contribution in [-0.2, 0) is 11.2 Å². The lowest BCUT2D eigenvalue weighted by Gasteiger charge is -2.09. The van der Waals surface area contributed by atoms with Gasteiger partial charge in [0.25, 0.3) is 0 Å². The van der Waals surface area contributed by atoms with E-state index in [2.05, 4.69) is 15.5 Å². The molecule has 1 amide bonds. The predicted molar refractivity (Wildman–Crippen MR) is 86.2 cm³/mol. The van der Waals surface area contributed by atoms with Gasteiger partial charge in [0, 0.05) is 31.5 Å². The van der Waals surface area contributed by atoms with E-state index in [4.69, 9.17) is 9.26 Å². The number of ether oxygens (including phenoxy) is 1. The Morgan fingerprint density at radius 1 is 1.39 bits per heavy atom. The van der Waals surface area contributed by atoms with Gasteiger partial charge in [0.1, 0.15) is 5.75 Å². The van der Waals surface area contributed by atoms with E-state index in [0.29, 0.717) is 31.1 Å². The van der Waals surface area contributed by atoms with Crippen molar-refractivity contribution in [2.24, 2.45) is 0 Å². The lowest BCUT2D eigenvalue weighted by atomic mass is 10.2. The number of hydrogen-bond acceptors (Lipinski definition) is 6. The molecule has 0 unspecified atom stereocenters. The fraction of sp³-hybridized carbons (Fsp3) is 0.438. The maximum atomic E-state index is 11.7. The van der Waals surface area contributed by atoms with Gasteiger partial charge >= 0.3 is 0 Å². The summed E-state index contributed by atoms with van der Waals surface area (Å²) in [5.41, 5.74) is 0.815. The van der Waals surface area contributed by atoms with Gasteiger partial charge < -0.3 is 19.5 Å². The van der Waals surface area contributed by atoms with E-state index in [1.165, 1.54) is 0 Å². The summed E-state index contributed by atoms with van der Waals surface area (Å²) < 4.78 is 10.4. The average Bonchev–Trinajstić information content (AvgIpc) is 3.01. The molecule has 1 aromatic heterocycles. The molecule has 1 aromatic carbocycles. The molecule has 124 valence electrons. The normalized spacial score (nSPS) is 10.8. The predicted octanol–water partition coefficient (Wildman–Crippen LogP) is 1.36. The Morgan fingerprint density at radius 3 is 2.96 bits per heavy atom. The average molecular weight is 318 g/mol. The first kappa shape index (κ1) is 17.0. The number of rotatable bonds is 8. The first-order valence-electron chi connectivity index (χ1n) is 7.47. The van der Waals surface area contributed by atoms with Gasteiger partial charge in [0.05, 0.1) is 7.11 Å². The summed E-state index contributed by atoms with van der Waals surface area (Å²) in [6, 6.07) is 7.43. The monoisotopic (exact) mass is 318 g/mol. The fourth-order valence-electron chi connectivity index (χ4n) is 1.96. The van der Waals surface area contributed by atoms with Gasteiger partial charge in [-0.25, -0.2) is 0 Å². The smallest absolute Gasteiger partial charge is 0.227 e. The third-order valence-electron chi connectivity index (χ3n) is 3.24. The number of nitrogens with zero attached hydrogens (tertiary/aromatic N) is 3. The number of carbonyl (C=O) groups excluding carboxylic acids is 1. The zero-order chi connectivity index (χ0) is 16.7. The molecule has 2 rings (SSSR count). The van der Waals surface area contributed by atoms with E-state index in [9.17, 15) is 4.79 Å². The highest BCUT2D eigenvalue weighted by Gasteiger charge is 2.11. The Kier molecular flexibility index (Phi) is 6.10. The second-order valence-corrected chi connectivity index (χ2v) is 5.40. The van der Waals surface area contributed by atoms with Crippen molar-refractivity contribution in [2.45, 2.75) is 12.8 Å². The minimum absolute atomic E-state index is 0.0204. The second-order valence-electron chi connectivity index (χ2n) is 5.40. The number of methoxy groups -OCH3 is 1. The molecule has 23 heavy (non-hydrogen) atoms. The van der Waals surface area contributed by atoms with Crippen LogP contribution in [0.5, 0.6) is 5.75 Å². The van der Waals surface area contributed by atoms with E-state index in [-0.39, 0.29) is 5.91 Å². The van der Waals surface area contributed by atoms with Gasteiger partial charge in [-0.1, -0.05) is 17.3 Å². The molecule has 2 aromatic rings. The molecule has 0 aliphatic heterocycles. The van der Waals surface area contributed by atoms with E-state index in [0.717, 1.165) is 17.9 Å². The van der Waals surface area contributed by atoms with Crippen LogP contribution in [0.15, 0.2) is 28.8 Å². The molecule has 1 N–H and O–H groups in total. The summed E-state index contributed by atoms with van der Waals surface area (Å²) >= 11 is 0. The lowest BCUT2D eigenvalue weighted by molar-refractivity contribution is -0.121. The number of aryl methyl sites for hydroxylation is 1. The first-order valence-corrected chi connectivity index (χ1v) is 7.47. The molecule has 0 spiro atoms. The van der Waals surface area contributed by atoms with Crippen molar-refractivity contribution in [1.29, 1.82) is 0 Å². The van der Waals surface area contributed by atoms with Crippen molar-refractivity contribution >= 4 is 5.91 Å². The van der Waals surface area contributed by atoms with Crippen molar-refractivity contribution in [1.82, 2.24) is 20.4 Å². The number of aromatic nitrogens is 2. The third kappa shape index (κ3) is 5.37. The fourth-order valence-corrected chi connectivity index (χ4v) is 1.96. The number of nitrogens with one attached hydrogen (secondary N) is 1. The Balaban J connectivity index is 1.86. The van der Waals surface area contributed by atoms with Crippen LogP contribution in [0, 0.1) is 0 Å². The van der Waals surface area contributed by atoms with Gasteiger partial charge in [0.2, 0.25) is 17.6 Å². The van der Waals surface area contributed by atoms with E-state index >= 15 is 0 Å². The second kappa shape index (κ2) is 8.28. The minimum atomic E-state index is -0.0204. The Labute approximate surface area is 135 Å². The molecular weight excluding hydrogens is 296 g/mol. The van der Waals surface area contributed by atoms with Crippen LogP contribution in [-0.4, -0.2) is 55.2 Å². The molecule has 0 aliphatic rings. The number of likely N-dealkylation sites (N-methyl/N-ethyl adjacent to an activating group) is 1. The summed E-state index contributed by atoms with van der Waals surface area (Å²) in [5.74, 6) is 1.65. The van der Waals surface area contributed by atoms with Crippen LogP contribution in [0.1, 0.15) is 12.3 Å². The molecule has 7 heteroatoms. The van der Waals surface area contributed by atoms with Crippen LogP contribution < -0.4 is 10.1 Å². The van der Waals surface area contributed by atoms with Gasteiger partial charge in [-0.05, 0) is 26.2 Å². The van der Waals surface area contributed by atoms with Crippen LogP contribution in [0.4, 0.5) is 0 Å². The SMILES string of the molecule is COc1cccc(-c2noc(CCC(=O)NCCN(C)C)n2)c1. The van der Waals surface area contributed by atoms with Gasteiger partial charge in [0.15, 0.2) is 0 Å². The largest absolute Gasteiger partial charge is 0.497 e. The zero-order valence-corrected chi connectivity index (χ0v) is 13.7. The van der Waals surface area contributed by atoms with Crippen LogP contribution in [0.25, 0.3) is 11.4 Å². The van der Waals surface area contributed by atoms with Gasteiger partial charge in [-0.2, -0.15) is 4.98 Å². The highest BCUT2D eigenvalue weighted by Crippen LogP contribution is 2.21. The Morgan fingerprint density at radius 2 is 2.22 bits per heavy atom. The van der Waals surface area contributed by atoms with Crippen LogP contribution in [0.3, 0.4) is 0 Å². The highest BCUT2D eigenvalue weighted by molar-refractivity contribution is 5.76. The molecule has 0 fully saturated rings. The van der Waals surface area contributed by atoms with Crippen molar-refractivity contribution in [3.8, 4) is 17.1 Å². The number of carbonyl (C=O) groups is 1. The molecule has 0 radical (unpaired) electrons. The molecule has 0 saturated carbocycles. The topological polar surface area (TPSA) is 80.5 Å². The van der Waals surface area contributed by atoms with Crippen molar-refractivity contribution in [3.63, 3.8) is 0 Å². The zero-order valence-electron chi connectivity index (χ0n) is 13.7. The maximum absolute atomic E-state index is 11.7. The van der Waals surface area contributed by atoms with Gasteiger partial charge in [-0.3, -0.25) is 4.79 Å². The Bertz CT molecular complexity index is 640. The van der Waals surface area contributed by atoms with Crippen molar-refractivity contribution < 1.29 is 14.1 Å². The summed E-state index contributed by atoms with van der Waals surface area (Å²) in [4.78, 5) is 18.0. The molecule has 0 aliphatic carbocycles. The summed E-state index contributed by atoms with van der Waals surface area (Å²) in [7, 11) is 5.53. The first-order chi connectivity index (χ1) is 11.1. The summed E-state index contributed by atoms with van der Waals surface area (Å²) in [6.45, 7) is 1.44. The number of hydrogen-bond donors (Lipinski definition) is 1. The van der Waals surface area contributed by atoms with Crippen molar-refractivity contribution in [3.05, 3.63) is 30.2 Å². The molecular formula is C16H22N4O3.